The van der Waals surface area contributed by atoms with Crippen LogP contribution in [0.1, 0.15) is 18.5 Å². The van der Waals surface area contributed by atoms with Gasteiger partial charge in [-0.2, -0.15) is 0 Å². The Labute approximate surface area is 134 Å². The molecule has 0 saturated carbocycles. The molecule has 6 heteroatoms. The third-order valence-electron chi connectivity index (χ3n) is 3.32. The van der Waals surface area contributed by atoms with Gasteiger partial charge in [0.25, 0.3) is 0 Å². The van der Waals surface area contributed by atoms with Crippen LogP contribution >= 0.6 is 12.4 Å². The fraction of sp³-hybridized carbons (Fsp3) is 0.312. The smallest absolute Gasteiger partial charge is 0.342 e. The maximum atomic E-state index is 14.1. The van der Waals surface area contributed by atoms with Crippen molar-refractivity contribution in [2.24, 2.45) is 5.73 Å². The molecule has 2 aromatic rings. The number of fused-ring (bicyclic) bond motifs is 1. The molecular weight excluding hydrogens is 309 g/mol. The third kappa shape index (κ3) is 3.48. The van der Waals surface area contributed by atoms with Crippen LogP contribution in [0.5, 0.6) is 5.75 Å². The van der Waals surface area contributed by atoms with Gasteiger partial charge in [0.05, 0.1) is 19.8 Å². The van der Waals surface area contributed by atoms with Crippen molar-refractivity contribution >= 4 is 29.1 Å². The Balaban J connectivity index is 0.00000242. The van der Waals surface area contributed by atoms with Gasteiger partial charge in [-0.3, -0.25) is 0 Å². The Kier molecular flexibility index (Phi) is 6.59. The number of nitrogens with two attached hydrogens (primary N) is 1. The number of hydrogen-bond donors (Lipinski definition) is 1. The lowest BCUT2D eigenvalue weighted by Crippen LogP contribution is -2.31. The van der Waals surface area contributed by atoms with E-state index in [1.54, 1.807) is 26.2 Å². The third-order valence-corrected chi connectivity index (χ3v) is 3.32. The van der Waals surface area contributed by atoms with Crippen LogP contribution in [0.25, 0.3) is 10.8 Å². The molecule has 0 radical (unpaired) electrons. The summed E-state index contributed by atoms with van der Waals surface area (Å²) in [6, 6.07) is 9.69. The zero-order valence-electron chi connectivity index (χ0n) is 12.4. The minimum Gasteiger partial charge on any atom is -0.496 e. The number of halogens is 2. The molecule has 2 atom stereocenters. The summed E-state index contributed by atoms with van der Waals surface area (Å²) in [5, 5.41) is 1.58. The molecule has 0 aliphatic rings. The van der Waals surface area contributed by atoms with Gasteiger partial charge in [-0.25, -0.2) is 9.18 Å². The molecule has 0 spiro atoms. The van der Waals surface area contributed by atoms with Crippen molar-refractivity contribution in [2.75, 3.05) is 13.7 Å². The maximum absolute atomic E-state index is 14.1. The Morgan fingerprint density at radius 1 is 1.23 bits per heavy atom. The van der Waals surface area contributed by atoms with E-state index < -0.39 is 18.2 Å². The average molecular weight is 328 g/mol. The molecule has 0 amide bonds. The van der Waals surface area contributed by atoms with Gasteiger partial charge in [-0.1, -0.05) is 30.3 Å². The van der Waals surface area contributed by atoms with Crippen molar-refractivity contribution in [1.29, 1.82) is 0 Å². The minimum atomic E-state index is -1.90. The van der Waals surface area contributed by atoms with Gasteiger partial charge in [0.2, 0.25) is 6.17 Å². The van der Waals surface area contributed by atoms with Gasteiger partial charge in [-0.05, 0) is 23.9 Å². The van der Waals surface area contributed by atoms with Crippen molar-refractivity contribution in [3.05, 3.63) is 42.0 Å². The maximum Gasteiger partial charge on any atom is 0.342 e. The van der Waals surface area contributed by atoms with E-state index in [-0.39, 0.29) is 19.0 Å². The van der Waals surface area contributed by atoms with Gasteiger partial charge >= 0.3 is 5.97 Å². The summed E-state index contributed by atoms with van der Waals surface area (Å²) in [6.07, 6.45) is -1.90. The van der Waals surface area contributed by atoms with Crippen LogP contribution in [0.3, 0.4) is 0 Å². The second-order valence-electron chi connectivity index (χ2n) is 4.58. The van der Waals surface area contributed by atoms with Gasteiger partial charge in [0.15, 0.2) is 0 Å². The fourth-order valence-corrected chi connectivity index (χ4v) is 2.29. The summed E-state index contributed by atoms with van der Waals surface area (Å²) >= 11 is 0. The molecule has 0 aliphatic carbocycles. The van der Waals surface area contributed by atoms with Crippen LogP contribution in [-0.2, 0) is 9.53 Å². The van der Waals surface area contributed by atoms with E-state index >= 15 is 0 Å². The second-order valence-corrected chi connectivity index (χ2v) is 4.58. The summed E-state index contributed by atoms with van der Waals surface area (Å²) < 4.78 is 24.1. The van der Waals surface area contributed by atoms with Crippen LogP contribution in [0.15, 0.2) is 36.4 Å². The van der Waals surface area contributed by atoms with E-state index in [1.165, 1.54) is 0 Å². The van der Waals surface area contributed by atoms with Gasteiger partial charge < -0.3 is 15.2 Å². The van der Waals surface area contributed by atoms with Crippen LogP contribution in [0.2, 0.25) is 0 Å². The molecule has 0 fully saturated rings. The monoisotopic (exact) mass is 327 g/mol. The Morgan fingerprint density at radius 2 is 1.86 bits per heavy atom. The first-order valence-corrected chi connectivity index (χ1v) is 6.72. The van der Waals surface area contributed by atoms with Gasteiger partial charge in [0.1, 0.15) is 5.75 Å². The normalized spacial score (nSPS) is 13.1. The molecular formula is C16H19ClFNO3. The van der Waals surface area contributed by atoms with E-state index in [1.807, 2.05) is 24.3 Å². The van der Waals surface area contributed by atoms with Crippen molar-refractivity contribution < 1.29 is 18.7 Å². The Hall–Kier alpha value is -1.85. The van der Waals surface area contributed by atoms with Gasteiger partial charge in [0, 0.05) is 5.39 Å². The highest BCUT2D eigenvalue weighted by Crippen LogP contribution is 2.32. The van der Waals surface area contributed by atoms with Crippen molar-refractivity contribution in [2.45, 2.75) is 19.1 Å². The summed E-state index contributed by atoms with van der Waals surface area (Å²) in [5.74, 6) is -0.266. The summed E-state index contributed by atoms with van der Waals surface area (Å²) in [6.45, 7) is 1.74. The number of hydrogen-bond acceptors (Lipinski definition) is 4. The van der Waals surface area contributed by atoms with Crippen molar-refractivity contribution in [1.82, 2.24) is 0 Å². The molecule has 0 bridgehead atoms. The molecule has 0 saturated heterocycles. The minimum absolute atomic E-state index is 0. The van der Waals surface area contributed by atoms with Crippen molar-refractivity contribution in [3.8, 4) is 5.75 Å². The number of ether oxygens (including phenoxy) is 2. The summed E-state index contributed by atoms with van der Waals surface area (Å²) in [5.41, 5.74) is 6.46. The molecule has 2 rings (SSSR count). The molecule has 0 aliphatic heterocycles. The molecule has 1 unspecified atom stereocenters. The van der Waals surface area contributed by atoms with Crippen molar-refractivity contribution in [3.63, 3.8) is 0 Å². The van der Waals surface area contributed by atoms with E-state index in [2.05, 4.69) is 4.74 Å². The van der Waals surface area contributed by atoms with Gasteiger partial charge in [-0.15, -0.1) is 12.4 Å². The quantitative estimate of drug-likeness (QED) is 0.857. The number of alkyl halides is 1. The van der Waals surface area contributed by atoms with Crippen LogP contribution in [-0.4, -0.2) is 25.9 Å². The first-order valence-electron chi connectivity index (χ1n) is 6.72. The highest BCUT2D eigenvalue weighted by Gasteiger charge is 2.29. The number of methoxy groups -OCH3 is 1. The largest absolute Gasteiger partial charge is 0.496 e. The highest BCUT2D eigenvalue weighted by molar-refractivity contribution is 5.92. The molecule has 0 heterocycles. The average Bonchev–Trinajstić information content (AvgIpc) is 2.52. The first-order chi connectivity index (χ1) is 10.1. The molecule has 120 valence electrons. The van der Waals surface area contributed by atoms with Crippen LogP contribution in [0.4, 0.5) is 4.39 Å². The highest BCUT2D eigenvalue weighted by atomic mass is 35.5. The molecule has 2 aromatic carbocycles. The summed E-state index contributed by atoms with van der Waals surface area (Å²) in [4.78, 5) is 11.5. The number of benzene rings is 2. The standard InChI is InChI=1S/C16H18FNO3.ClH/c1-3-21-16(19)14(17)15(18)12-8-9-13(20-2)11-7-5-4-6-10(11)12;/h4-9,14-15H,3,18H2,1-2H3;1H/t14?,15-;/m0./s1. The zero-order chi connectivity index (χ0) is 15.4. The number of carbonyl (C=O) groups is 1. The zero-order valence-corrected chi connectivity index (χ0v) is 13.2. The van der Waals surface area contributed by atoms with E-state index in [9.17, 15) is 9.18 Å². The predicted octanol–water partition coefficient (Wildman–Crippen LogP) is 3.17. The Morgan fingerprint density at radius 3 is 2.45 bits per heavy atom. The van der Waals surface area contributed by atoms with Crippen LogP contribution in [0, 0.1) is 0 Å². The molecule has 4 nitrogen and oxygen atoms in total. The second kappa shape index (κ2) is 7.96. The lowest BCUT2D eigenvalue weighted by atomic mass is 9.96. The predicted molar refractivity (Wildman–Crippen MR) is 86.2 cm³/mol. The van der Waals surface area contributed by atoms with E-state index in [0.29, 0.717) is 11.3 Å². The topological polar surface area (TPSA) is 61.5 Å². The molecule has 0 aromatic heterocycles. The van der Waals surface area contributed by atoms with E-state index in [4.69, 9.17) is 10.5 Å². The number of rotatable bonds is 5. The number of esters is 1. The van der Waals surface area contributed by atoms with E-state index in [0.717, 1.165) is 10.8 Å². The SMILES string of the molecule is CCOC(=O)C(F)[C@@H](N)c1ccc(OC)c2ccccc12.Cl. The first kappa shape index (κ1) is 18.2. The molecule has 22 heavy (non-hydrogen) atoms. The Bertz CT molecular complexity index is 650. The van der Waals surface area contributed by atoms with Crippen LogP contribution < -0.4 is 10.5 Å². The summed E-state index contributed by atoms with van der Waals surface area (Å²) in [7, 11) is 1.57. The lowest BCUT2D eigenvalue weighted by Gasteiger charge is -2.18. The lowest BCUT2D eigenvalue weighted by molar-refractivity contribution is -0.149. The number of carbonyl (C=O) groups excluding carboxylic acids is 1. The molecule has 2 N–H and O–H groups in total. The fourth-order valence-electron chi connectivity index (χ4n) is 2.29.